The summed E-state index contributed by atoms with van der Waals surface area (Å²) in [4.78, 5) is 0. The average molecular weight is 234 g/mol. The van der Waals surface area contributed by atoms with Crippen molar-refractivity contribution in [2.45, 2.75) is 31.2 Å². The lowest BCUT2D eigenvalue weighted by atomic mass is 9.81. The molecule has 5 heteroatoms. The number of rotatable bonds is 1. The Morgan fingerprint density at radius 1 is 1.44 bits per heavy atom. The summed E-state index contributed by atoms with van der Waals surface area (Å²) in [6.07, 6.45) is -1.49. The molecule has 2 nitrogen and oxygen atoms in total. The lowest BCUT2D eigenvalue weighted by molar-refractivity contribution is -0.0895. The molecule has 1 fully saturated rings. The second kappa shape index (κ2) is 3.34. The van der Waals surface area contributed by atoms with Crippen molar-refractivity contribution in [2.75, 3.05) is 0 Å². The van der Waals surface area contributed by atoms with Gasteiger partial charge in [0.05, 0.1) is 17.3 Å². The van der Waals surface area contributed by atoms with Gasteiger partial charge in [0.15, 0.2) is 0 Å². The minimum absolute atomic E-state index is 0.238. The largest absolute Gasteiger partial charge is 0.416 e. The quantitative estimate of drug-likeness (QED) is 0.726. The van der Waals surface area contributed by atoms with Gasteiger partial charge in [0, 0.05) is 12.3 Å². The van der Waals surface area contributed by atoms with Crippen molar-refractivity contribution in [2.24, 2.45) is 11.8 Å². The second-order valence-electron chi connectivity index (χ2n) is 4.57. The van der Waals surface area contributed by atoms with Crippen LogP contribution in [0.3, 0.4) is 0 Å². The van der Waals surface area contributed by atoms with Gasteiger partial charge < -0.3 is 10.2 Å². The minimum Gasteiger partial charge on any atom is -0.390 e. The summed E-state index contributed by atoms with van der Waals surface area (Å²) in [5.74, 6) is -0.864. The molecule has 0 amide bonds. The molecule has 0 heterocycles. The average Bonchev–Trinajstić information content (AvgIpc) is 2.73. The fourth-order valence-corrected chi connectivity index (χ4v) is 2.24. The van der Waals surface area contributed by atoms with Crippen LogP contribution in [0.1, 0.15) is 13.3 Å². The van der Waals surface area contributed by atoms with Crippen molar-refractivity contribution in [3.8, 4) is 0 Å². The maximum absolute atomic E-state index is 12.4. The van der Waals surface area contributed by atoms with Gasteiger partial charge in [-0.1, -0.05) is 25.2 Å². The number of allylic oxidation sites excluding steroid dienone is 3. The predicted molar refractivity (Wildman–Crippen MR) is 51.5 cm³/mol. The highest BCUT2D eigenvalue weighted by molar-refractivity contribution is 5.32. The van der Waals surface area contributed by atoms with Crippen LogP contribution in [-0.2, 0) is 0 Å². The van der Waals surface area contributed by atoms with E-state index in [1.165, 1.54) is 6.08 Å². The molecule has 2 aliphatic rings. The van der Waals surface area contributed by atoms with Crippen molar-refractivity contribution in [3.05, 3.63) is 23.8 Å². The number of alkyl halides is 3. The molecule has 4 atom stereocenters. The van der Waals surface area contributed by atoms with Crippen LogP contribution in [0, 0.1) is 11.8 Å². The van der Waals surface area contributed by atoms with Crippen LogP contribution in [0.4, 0.5) is 13.2 Å². The van der Waals surface area contributed by atoms with Crippen LogP contribution in [0.5, 0.6) is 0 Å². The molecule has 0 bridgehead atoms. The fourth-order valence-electron chi connectivity index (χ4n) is 2.24. The summed E-state index contributed by atoms with van der Waals surface area (Å²) in [5, 5.41) is 19.1. The monoisotopic (exact) mass is 234 g/mol. The zero-order chi connectivity index (χ0) is 12.1. The molecule has 0 radical (unpaired) electrons. The Morgan fingerprint density at radius 2 is 2.00 bits per heavy atom. The van der Waals surface area contributed by atoms with E-state index in [-0.39, 0.29) is 6.42 Å². The maximum Gasteiger partial charge on any atom is 0.416 e. The molecule has 0 aliphatic heterocycles. The van der Waals surface area contributed by atoms with Crippen molar-refractivity contribution >= 4 is 0 Å². The van der Waals surface area contributed by atoms with Crippen molar-refractivity contribution < 1.29 is 23.4 Å². The third kappa shape index (κ3) is 1.78. The topological polar surface area (TPSA) is 40.5 Å². The summed E-state index contributed by atoms with van der Waals surface area (Å²) in [7, 11) is 0. The zero-order valence-electron chi connectivity index (χ0n) is 8.70. The molecule has 0 aromatic heterocycles. The number of aliphatic hydroxyl groups excluding tert-OH is 1. The first-order valence-electron chi connectivity index (χ1n) is 5.13. The van der Waals surface area contributed by atoms with E-state index in [2.05, 4.69) is 0 Å². The van der Waals surface area contributed by atoms with Crippen molar-refractivity contribution in [1.29, 1.82) is 0 Å². The molecule has 16 heavy (non-hydrogen) atoms. The first-order chi connectivity index (χ1) is 7.25. The van der Waals surface area contributed by atoms with E-state index in [9.17, 15) is 23.4 Å². The third-order valence-electron chi connectivity index (χ3n) is 3.33. The van der Waals surface area contributed by atoms with Crippen LogP contribution in [0.2, 0.25) is 0 Å². The van der Waals surface area contributed by atoms with Gasteiger partial charge >= 0.3 is 6.18 Å². The Morgan fingerprint density at radius 3 is 2.38 bits per heavy atom. The molecule has 4 unspecified atom stereocenters. The van der Waals surface area contributed by atoms with Gasteiger partial charge in [0.1, 0.15) is 0 Å². The van der Waals surface area contributed by atoms with E-state index in [0.717, 1.165) is 12.2 Å². The van der Waals surface area contributed by atoms with Crippen LogP contribution in [0.15, 0.2) is 23.8 Å². The Hall–Kier alpha value is -0.810. The molecule has 1 saturated carbocycles. The molecule has 0 aromatic rings. The van der Waals surface area contributed by atoms with E-state index < -0.39 is 35.3 Å². The highest BCUT2D eigenvalue weighted by Crippen LogP contribution is 2.48. The van der Waals surface area contributed by atoms with E-state index in [0.29, 0.717) is 0 Å². The first-order valence-corrected chi connectivity index (χ1v) is 5.13. The van der Waals surface area contributed by atoms with Gasteiger partial charge in [-0.25, -0.2) is 0 Å². The highest BCUT2D eigenvalue weighted by atomic mass is 19.4. The van der Waals surface area contributed by atoms with Crippen LogP contribution in [-0.4, -0.2) is 28.1 Å². The van der Waals surface area contributed by atoms with Crippen molar-refractivity contribution in [1.82, 2.24) is 0 Å². The zero-order valence-corrected chi connectivity index (χ0v) is 8.70. The Labute approximate surface area is 91.1 Å². The van der Waals surface area contributed by atoms with Crippen LogP contribution in [0.25, 0.3) is 0 Å². The number of aliphatic hydroxyl groups is 2. The maximum atomic E-state index is 12.4. The smallest absolute Gasteiger partial charge is 0.390 e. The Bertz CT molecular complexity index is 359. The Balaban J connectivity index is 2.16. The molecular formula is C11H13F3O2. The van der Waals surface area contributed by atoms with Crippen LogP contribution >= 0.6 is 0 Å². The van der Waals surface area contributed by atoms with E-state index in [1.807, 2.05) is 0 Å². The molecule has 2 aliphatic carbocycles. The minimum atomic E-state index is -4.35. The summed E-state index contributed by atoms with van der Waals surface area (Å²) in [5.41, 5.74) is -1.92. The normalized spacial score (nSPS) is 43.1. The standard InChI is InChI=1S/C11H13F3O2/c1-6-4-7(11(12,13)14)2-3-8(6)10(16)5-9(10)15/h2-4,6,8-9,15-16H,5H2,1H3. The molecule has 0 spiro atoms. The van der Waals surface area contributed by atoms with Gasteiger partial charge in [0.25, 0.3) is 0 Å². The molecule has 2 rings (SSSR count). The predicted octanol–water partition coefficient (Wildman–Crippen LogP) is 1.79. The highest BCUT2D eigenvalue weighted by Gasteiger charge is 2.58. The first kappa shape index (κ1) is 11.7. The lowest BCUT2D eigenvalue weighted by Crippen LogP contribution is -2.32. The SMILES string of the molecule is CC1C=C(C(F)(F)F)C=CC1C1(O)CC1O. The molecule has 90 valence electrons. The molecular weight excluding hydrogens is 221 g/mol. The molecule has 0 aromatic carbocycles. The molecule has 2 N–H and O–H groups in total. The van der Waals surface area contributed by atoms with Gasteiger partial charge in [0.2, 0.25) is 0 Å². The number of hydrogen-bond acceptors (Lipinski definition) is 2. The number of hydrogen-bond donors (Lipinski definition) is 2. The fraction of sp³-hybridized carbons (Fsp3) is 0.636. The summed E-state index contributed by atoms with van der Waals surface area (Å²) in [6.45, 7) is 1.61. The Kier molecular flexibility index (Phi) is 2.44. The lowest BCUT2D eigenvalue weighted by Gasteiger charge is -2.28. The van der Waals surface area contributed by atoms with Gasteiger partial charge in [-0.15, -0.1) is 0 Å². The van der Waals surface area contributed by atoms with E-state index in [1.54, 1.807) is 6.92 Å². The van der Waals surface area contributed by atoms with Gasteiger partial charge in [-0.3, -0.25) is 0 Å². The van der Waals surface area contributed by atoms with Gasteiger partial charge in [-0.2, -0.15) is 13.2 Å². The summed E-state index contributed by atoms with van der Waals surface area (Å²) in [6, 6.07) is 0. The van der Waals surface area contributed by atoms with E-state index in [4.69, 9.17) is 0 Å². The second-order valence-corrected chi connectivity index (χ2v) is 4.57. The molecule has 0 saturated heterocycles. The summed E-state index contributed by atoms with van der Waals surface area (Å²) >= 11 is 0. The van der Waals surface area contributed by atoms with Crippen LogP contribution < -0.4 is 0 Å². The van der Waals surface area contributed by atoms with Crippen molar-refractivity contribution in [3.63, 3.8) is 0 Å². The van der Waals surface area contributed by atoms with Gasteiger partial charge in [-0.05, 0) is 5.92 Å². The number of halogens is 3. The summed E-state index contributed by atoms with van der Waals surface area (Å²) < 4.78 is 37.2. The van der Waals surface area contributed by atoms with E-state index >= 15 is 0 Å². The third-order valence-corrected chi connectivity index (χ3v) is 3.33.